The van der Waals surface area contributed by atoms with Crippen molar-refractivity contribution in [2.24, 2.45) is 0 Å². The maximum atomic E-state index is 9.24. The minimum absolute atomic E-state index is 0.275. The maximum Gasteiger partial charge on any atom is 0.252 e. The Morgan fingerprint density at radius 3 is 3.11 bits per heavy atom. The Morgan fingerprint density at radius 1 is 1.47 bits per heavy atom. The molecule has 94 valence electrons. The van der Waals surface area contributed by atoms with Crippen molar-refractivity contribution in [1.82, 2.24) is 19.6 Å². The lowest BCUT2D eigenvalue weighted by atomic mass is 10.2. The van der Waals surface area contributed by atoms with Crippen LogP contribution in [0.3, 0.4) is 0 Å². The smallest absolute Gasteiger partial charge is 0.252 e. The standard InChI is InChI=1S/C13H11N5O/c1-9(11-7-15-8-16-11)19-13-10(6-14)12-4-2-3-5-18(12)17-13/h2-5,7-9H,1H3,(H,15,16). The molecule has 0 amide bonds. The zero-order valence-corrected chi connectivity index (χ0v) is 10.2. The van der Waals surface area contributed by atoms with E-state index in [1.165, 1.54) is 0 Å². The van der Waals surface area contributed by atoms with Crippen molar-refractivity contribution in [1.29, 1.82) is 5.26 Å². The molecule has 0 fully saturated rings. The molecule has 0 aliphatic carbocycles. The summed E-state index contributed by atoms with van der Waals surface area (Å²) in [6, 6.07) is 7.67. The Kier molecular flexibility index (Phi) is 2.65. The van der Waals surface area contributed by atoms with Gasteiger partial charge in [0, 0.05) is 12.4 Å². The number of nitriles is 1. The molecule has 1 atom stereocenters. The average molecular weight is 253 g/mol. The van der Waals surface area contributed by atoms with Gasteiger partial charge in [-0.3, -0.25) is 0 Å². The summed E-state index contributed by atoms with van der Waals surface area (Å²) in [7, 11) is 0. The van der Waals surface area contributed by atoms with E-state index in [1.54, 1.807) is 23.2 Å². The number of ether oxygens (including phenoxy) is 1. The third kappa shape index (κ3) is 1.91. The molecule has 0 aliphatic heterocycles. The summed E-state index contributed by atoms with van der Waals surface area (Å²) in [5.41, 5.74) is 1.93. The van der Waals surface area contributed by atoms with Crippen LogP contribution in [0.2, 0.25) is 0 Å². The molecule has 0 aliphatic rings. The van der Waals surface area contributed by atoms with Crippen LogP contribution in [-0.4, -0.2) is 19.6 Å². The molecular weight excluding hydrogens is 242 g/mol. The molecule has 1 N–H and O–H groups in total. The highest BCUT2D eigenvalue weighted by molar-refractivity contribution is 5.64. The van der Waals surface area contributed by atoms with Gasteiger partial charge in [0.25, 0.3) is 5.88 Å². The minimum atomic E-state index is -0.275. The maximum absolute atomic E-state index is 9.24. The number of aromatic nitrogens is 4. The normalized spacial score (nSPS) is 12.2. The van der Waals surface area contributed by atoms with E-state index in [2.05, 4.69) is 21.1 Å². The predicted molar refractivity (Wildman–Crippen MR) is 67.5 cm³/mol. The largest absolute Gasteiger partial charge is 0.466 e. The van der Waals surface area contributed by atoms with Crippen LogP contribution in [-0.2, 0) is 0 Å². The first-order valence-electron chi connectivity index (χ1n) is 5.82. The van der Waals surface area contributed by atoms with Gasteiger partial charge in [-0.05, 0) is 19.1 Å². The van der Waals surface area contributed by atoms with E-state index in [1.807, 2.05) is 25.1 Å². The van der Waals surface area contributed by atoms with Crippen LogP contribution < -0.4 is 4.74 Å². The van der Waals surface area contributed by atoms with Crippen LogP contribution in [0.25, 0.3) is 5.52 Å². The van der Waals surface area contributed by atoms with Crippen molar-refractivity contribution in [3.8, 4) is 11.9 Å². The number of rotatable bonds is 3. The van der Waals surface area contributed by atoms with Gasteiger partial charge in [0.05, 0.1) is 17.5 Å². The molecule has 0 radical (unpaired) electrons. The second-order valence-corrected chi connectivity index (χ2v) is 4.08. The van der Waals surface area contributed by atoms with E-state index in [9.17, 15) is 5.26 Å². The number of fused-ring (bicyclic) bond motifs is 1. The van der Waals surface area contributed by atoms with Gasteiger partial charge in [-0.1, -0.05) is 6.07 Å². The molecule has 0 spiro atoms. The number of hydrogen-bond acceptors (Lipinski definition) is 4. The van der Waals surface area contributed by atoms with E-state index < -0.39 is 0 Å². The molecule has 3 aromatic heterocycles. The topological polar surface area (TPSA) is 79.0 Å². The van der Waals surface area contributed by atoms with Crippen LogP contribution in [0.5, 0.6) is 5.88 Å². The molecule has 1 unspecified atom stereocenters. The highest BCUT2D eigenvalue weighted by atomic mass is 16.5. The lowest BCUT2D eigenvalue weighted by Gasteiger charge is -2.09. The third-order valence-electron chi connectivity index (χ3n) is 2.84. The quantitative estimate of drug-likeness (QED) is 0.775. The van der Waals surface area contributed by atoms with Crippen molar-refractivity contribution >= 4 is 5.52 Å². The first-order valence-corrected chi connectivity index (χ1v) is 5.82. The van der Waals surface area contributed by atoms with E-state index in [0.29, 0.717) is 11.4 Å². The zero-order valence-electron chi connectivity index (χ0n) is 10.2. The number of hydrogen-bond donors (Lipinski definition) is 1. The van der Waals surface area contributed by atoms with Crippen LogP contribution in [0, 0.1) is 11.3 Å². The molecule has 6 nitrogen and oxygen atoms in total. The molecule has 0 saturated heterocycles. The molecule has 0 saturated carbocycles. The van der Waals surface area contributed by atoms with Gasteiger partial charge < -0.3 is 9.72 Å². The monoisotopic (exact) mass is 253 g/mol. The molecule has 3 rings (SSSR count). The molecule has 19 heavy (non-hydrogen) atoms. The molecule has 0 bridgehead atoms. The van der Waals surface area contributed by atoms with E-state index >= 15 is 0 Å². The number of H-pyrrole nitrogens is 1. The summed E-state index contributed by atoms with van der Waals surface area (Å²) in [5, 5.41) is 13.5. The minimum Gasteiger partial charge on any atom is -0.466 e. The Labute approximate surface area is 109 Å². The Hall–Kier alpha value is -2.81. The Morgan fingerprint density at radius 2 is 2.37 bits per heavy atom. The van der Waals surface area contributed by atoms with Crippen LogP contribution >= 0.6 is 0 Å². The highest BCUT2D eigenvalue weighted by Crippen LogP contribution is 2.25. The number of imidazole rings is 1. The second kappa shape index (κ2) is 4.46. The summed E-state index contributed by atoms with van der Waals surface area (Å²) in [5.74, 6) is 0.323. The Bertz CT molecular complexity index is 738. The molecular formula is C13H11N5O. The van der Waals surface area contributed by atoms with Crippen molar-refractivity contribution in [3.63, 3.8) is 0 Å². The van der Waals surface area contributed by atoms with Gasteiger partial charge in [-0.25, -0.2) is 9.50 Å². The van der Waals surface area contributed by atoms with E-state index in [0.717, 1.165) is 11.2 Å². The highest BCUT2D eigenvalue weighted by Gasteiger charge is 2.17. The van der Waals surface area contributed by atoms with Crippen LogP contribution in [0.4, 0.5) is 0 Å². The van der Waals surface area contributed by atoms with Crippen molar-refractivity contribution < 1.29 is 4.74 Å². The summed E-state index contributed by atoms with van der Waals surface area (Å²) in [6.45, 7) is 1.86. The van der Waals surface area contributed by atoms with Crippen LogP contribution in [0.15, 0.2) is 36.9 Å². The fourth-order valence-electron chi connectivity index (χ4n) is 1.89. The number of pyridine rings is 1. The molecule has 3 aromatic rings. The Balaban J connectivity index is 1.99. The summed E-state index contributed by atoms with van der Waals surface area (Å²) < 4.78 is 7.36. The fraction of sp³-hybridized carbons (Fsp3) is 0.154. The lowest BCUT2D eigenvalue weighted by Crippen LogP contribution is -2.04. The van der Waals surface area contributed by atoms with E-state index in [4.69, 9.17) is 4.74 Å². The fourth-order valence-corrected chi connectivity index (χ4v) is 1.89. The van der Waals surface area contributed by atoms with E-state index in [-0.39, 0.29) is 6.10 Å². The van der Waals surface area contributed by atoms with Gasteiger partial charge in [0.2, 0.25) is 0 Å². The number of nitrogens with one attached hydrogen (secondary N) is 1. The molecule has 3 heterocycles. The summed E-state index contributed by atoms with van der Waals surface area (Å²) in [4.78, 5) is 6.99. The first kappa shape index (κ1) is 11.3. The number of nitrogens with zero attached hydrogens (tertiary/aromatic N) is 4. The summed E-state index contributed by atoms with van der Waals surface area (Å²) in [6.07, 6.45) is 4.85. The van der Waals surface area contributed by atoms with Gasteiger partial charge in [-0.2, -0.15) is 5.26 Å². The third-order valence-corrected chi connectivity index (χ3v) is 2.84. The van der Waals surface area contributed by atoms with Gasteiger partial charge in [0.15, 0.2) is 0 Å². The predicted octanol–water partition coefficient (Wildman–Crippen LogP) is 2.07. The molecule has 0 aromatic carbocycles. The SMILES string of the molecule is CC(Oc1nn2ccccc2c1C#N)c1c[nH]cn1. The van der Waals surface area contributed by atoms with Gasteiger partial charge in [-0.15, -0.1) is 5.10 Å². The van der Waals surface area contributed by atoms with Gasteiger partial charge in [0.1, 0.15) is 17.7 Å². The van der Waals surface area contributed by atoms with Crippen molar-refractivity contribution in [2.75, 3.05) is 0 Å². The van der Waals surface area contributed by atoms with Crippen LogP contribution in [0.1, 0.15) is 24.3 Å². The summed E-state index contributed by atoms with van der Waals surface area (Å²) >= 11 is 0. The van der Waals surface area contributed by atoms with Gasteiger partial charge >= 0.3 is 0 Å². The lowest BCUT2D eigenvalue weighted by molar-refractivity contribution is 0.211. The number of aromatic amines is 1. The van der Waals surface area contributed by atoms with Crippen molar-refractivity contribution in [2.45, 2.75) is 13.0 Å². The molecule has 6 heteroatoms. The average Bonchev–Trinajstić information content (AvgIpc) is 3.05. The zero-order chi connectivity index (χ0) is 13.2. The van der Waals surface area contributed by atoms with Crippen molar-refractivity contribution in [3.05, 3.63) is 48.2 Å². The second-order valence-electron chi connectivity index (χ2n) is 4.08. The first-order chi connectivity index (χ1) is 9.29.